The Hall–Kier alpha value is -3.87. The SMILES string of the molecule is COc1ccc([N+](=O)[O-])cc1OC(=O)Cc1coc2ccc3ccccc3c12. The fraction of sp³-hybridized carbons (Fsp3) is 0.0952. The van der Waals surface area contributed by atoms with Crippen molar-refractivity contribution in [1.82, 2.24) is 0 Å². The van der Waals surface area contributed by atoms with Gasteiger partial charge < -0.3 is 13.9 Å². The maximum Gasteiger partial charge on any atom is 0.315 e. The fourth-order valence-corrected chi connectivity index (χ4v) is 3.18. The second-order valence-corrected chi connectivity index (χ2v) is 6.16. The molecular weight excluding hydrogens is 362 g/mol. The van der Waals surface area contributed by atoms with Crippen LogP contribution in [0.2, 0.25) is 0 Å². The van der Waals surface area contributed by atoms with Gasteiger partial charge in [-0.1, -0.05) is 30.3 Å². The van der Waals surface area contributed by atoms with E-state index in [9.17, 15) is 14.9 Å². The lowest BCUT2D eigenvalue weighted by molar-refractivity contribution is -0.384. The predicted octanol–water partition coefficient (Wildman–Crippen LogP) is 4.65. The van der Waals surface area contributed by atoms with E-state index in [1.54, 1.807) is 0 Å². The highest BCUT2D eigenvalue weighted by molar-refractivity contribution is 6.08. The van der Waals surface area contributed by atoms with E-state index in [1.807, 2.05) is 36.4 Å². The largest absolute Gasteiger partial charge is 0.493 e. The molecule has 7 nitrogen and oxygen atoms in total. The summed E-state index contributed by atoms with van der Waals surface area (Å²) in [7, 11) is 1.40. The topological polar surface area (TPSA) is 91.8 Å². The number of furan rings is 1. The first-order chi connectivity index (χ1) is 13.6. The monoisotopic (exact) mass is 377 g/mol. The molecule has 0 spiro atoms. The third-order valence-electron chi connectivity index (χ3n) is 4.46. The van der Waals surface area contributed by atoms with E-state index in [4.69, 9.17) is 13.9 Å². The van der Waals surface area contributed by atoms with E-state index < -0.39 is 10.9 Å². The average molecular weight is 377 g/mol. The zero-order chi connectivity index (χ0) is 19.7. The third kappa shape index (κ3) is 3.14. The molecule has 28 heavy (non-hydrogen) atoms. The van der Waals surface area contributed by atoms with Crippen LogP contribution in [0.5, 0.6) is 11.5 Å². The molecule has 0 bridgehead atoms. The molecule has 0 fully saturated rings. The lowest BCUT2D eigenvalue weighted by Gasteiger charge is -2.09. The van der Waals surface area contributed by atoms with Crippen molar-refractivity contribution in [2.45, 2.75) is 6.42 Å². The van der Waals surface area contributed by atoms with Gasteiger partial charge in [0.15, 0.2) is 11.5 Å². The molecule has 0 radical (unpaired) electrons. The Balaban J connectivity index is 1.66. The van der Waals surface area contributed by atoms with Crippen molar-refractivity contribution in [2.24, 2.45) is 0 Å². The summed E-state index contributed by atoms with van der Waals surface area (Å²) >= 11 is 0. The molecule has 0 unspecified atom stereocenters. The Labute approximate surface area is 159 Å². The van der Waals surface area contributed by atoms with E-state index >= 15 is 0 Å². The molecule has 1 aromatic heterocycles. The number of hydrogen-bond acceptors (Lipinski definition) is 6. The summed E-state index contributed by atoms with van der Waals surface area (Å²) in [6.07, 6.45) is 1.48. The lowest BCUT2D eigenvalue weighted by atomic mass is 10.0. The average Bonchev–Trinajstić information content (AvgIpc) is 3.11. The minimum atomic E-state index is -0.575. The zero-order valence-electron chi connectivity index (χ0n) is 14.9. The standard InChI is InChI=1S/C21H15NO6/c1-26-17-9-7-15(22(24)25)11-19(17)28-20(23)10-14-12-27-18-8-6-13-4-2-3-5-16(13)21(14)18/h2-9,11-12H,10H2,1H3. The molecule has 0 aliphatic heterocycles. The van der Waals surface area contributed by atoms with Crippen LogP contribution in [0.4, 0.5) is 5.69 Å². The quantitative estimate of drug-likeness (QED) is 0.218. The minimum absolute atomic E-state index is 0.000594. The van der Waals surface area contributed by atoms with Crippen LogP contribution < -0.4 is 9.47 Å². The van der Waals surface area contributed by atoms with Crippen LogP contribution in [0.15, 0.2) is 65.3 Å². The molecule has 7 heteroatoms. The molecule has 0 N–H and O–H groups in total. The van der Waals surface area contributed by atoms with Gasteiger partial charge in [-0.3, -0.25) is 14.9 Å². The van der Waals surface area contributed by atoms with Crippen molar-refractivity contribution in [3.05, 3.63) is 76.5 Å². The first-order valence-corrected chi connectivity index (χ1v) is 8.48. The number of nitro benzene ring substituents is 1. The summed E-state index contributed by atoms with van der Waals surface area (Å²) in [4.78, 5) is 22.9. The number of nitrogens with zero attached hydrogens (tertiary/aromatic N) is 1. The number of fused-ring (bicyclic) bond motifs is 3. The first-order valence-electron chi connectivity index (χ1n) is 8.48. The summed E-state index contributed by atoms with van der Waals surface area (Å²) in [5.41, 5.74) is 1.17. The van der Waals surface area contributed by atoms with Crippen LogP contribution in [0.1, 0.15) is 5.56 Å². The molecule has 4 aromatic rings. The van der Waals surface area contributed by atoms with Gasteiger partial charge in [-0.15, -0.1) is 0 Å². The number of esters is 1. The molecule has 0 saturated carbocycles. The maximum atomic E-state index is 12.5. The number of carbonyl (C=O) groups is 1. The van der Waals surface area contributed by atoms with Crippen molar-refractivity contribution in [3.8, 4) is 11.5 Å². The Bertz CT molecular complexity index is 1210. The Morgan fingerprint density at radius 2 is 1.93 bits per heavy atom. The van der Waals surface area contributed by atoms with Crippen LogP contribution in [0, 0.1) is 10.1 Å². The minimum Gasteiger partial charge on any atom is -0.493 e. The van der Waals surface area contributed by atoms with Gasteiger partial charge in [0.1, 0.15) is 5.58 Å². The first kappa shape index (κ1) is 17.5. The van der Waals surface area contributed by atoms with Crippen molar-refractivity contribution < 1.29 is 23.6 Å². The molecule has 0 amide bonds. The molecule has 3 aromatic carbocycles. The van der Waals surface area contributed by atoms with E-state index in [0.717, 1.165) is 16.2 Å². The number of rotatable bonds is 5. The highest BCUT2D eigenvalue weighted by Gasteiger charge is 2.18. The van der Waals surface area contributed by atoms with Crippen LogP contribution in [-0.4, -0.2) is 18.0 Å². The number of carbonyl (C=O) groups excluding carboxylic acids is 1. The van der Waals surface area contributed by atoms with Crippen molar-refractivity contribution in [3.63, 3.8) is 0 Å². The van der Waals surface area contributed by atoms with Crippen LogP contribution in [0.25, 0.3) is 21.7 Å². The van der Waals surface area contributed by atoms with E-state index in [0.29, 0.717) is 11.1 Å². The van der Waals surface area contributed by atoms with E-state index in [1.165, 1.54) is 31.6 Å². The number of ether oxygens (including phenoxy) is 2. The number of methoxy groups -OCH3 is 1. The van der Waals surface area contributed by atoms with Crippen molar-refractivity contribution in [1.29, 1.82) is 0 Å². The Morgan fingerprint density at radius 3 is 2.71 bits per heavy atom. The van der Waals surface area contributed by atoms with Gasteiger partial charge in [-0.05, 0) is 22.9 Å². The molecule has 0 atom stereocenters. The van der Waals surface area contributed by atoms with Gasteiger partial charge >= 0.3 is 5.97 Å². The number of benzene rings is 3. The molecular formula is C21H15NO6. The molecule has 1 heterocycles. The molecule has 0 aliphatic rings. The Morgan fingerprint density at radius 1 is 1.11 bits per heavy atom. The number of non-ortho nitro benzene ring substituents is 1. The van der Waals surface area contributed by atoms with Gasteiger partial charge in [-0.25, -0.2) is 0 Å². The summed E-state index contributed by atoms with van der Waals surface area (Å²) in [6, 6.07) is 15.5. The van der Waals surface area contributed by atoms with E-state index in [-0.39, 0.29) is 23.6 Å². The highest BCUT2D eigenvalue weighted by atomic mass is 16.6. The molecule has 4 rings (SSSR count). The molecule has 0 aliphatic carbocycles. The summed E-state index contributed by atoms with van der Waals surface area (Å²) in [5, 5.41) is 13.8. The second kappa shape index (κ2) is 7.03. The van der Waals surface area contributed by atoms with Crippen LogP contribution >= 0.6 is 0 Å². The number of hydrogen-bond donors (Lipinski definition) is 0. The summed E-state index contributed by atoms with van der Waals surface area (Å²) in [5.74, 6) is -0.338. The lowest BCUT2D eigenvalue weighted by Crippen LogP contribution is -2.12. The number of nitro groups is 1. The van der Waals surface area contributed by atoms with Crippen LogP contribution in [0.3, 0.4) is 0 Å². The zero-order valence-corrected chi connectivity index (χ0v) is 14.9. The van der Waals surface area contributed by atoms with Gasteiger partial charge in [0, 0.05) is 17.0 Å². The van der Waals surface area contributed by atoms with Crippen molar-refractivity contribution in [2.75, 3.05) is 7.11 Å². The van der Waals surface area contributed by atoms with Gasteiger partial charge in [0.05, 0.1) is 30.8 Å². The molecule has 140 valence electrons. The summed E-state index contributed by atoms with van der Waals surface area (Å²) in [6.45, 7) is 0. The highest BCUT2D eigenvalue weighted by Crippen LogP contribution is 2.33. The van der Waals surface area contributed by atoms with Gasteiger partial charge in [-0.2, -0.15) is 0 Å². The predicted molar refractivity (Wildman–Crippen MR) is 103 cm³/mol. The van der Waals surface area contributed by atoms with Crippen LogP contribution in [-0.2, 0) is 11.2 Å². The maximum absolute atomic E-state index is 12.5. The van der Waals surface area contributed by atoms with Gasteiger partial charge in [0.25, 0.3) is 5.69 Å². The fourth-order valence-electron chi connectivity index (χ4n) is 3.18. The normalized spacial score (nSPS) is 10.9. The van der Waals surface area contributed by atoms with Crippen molar-refractivity contribution >= 4 is 33.4 Å². The van der Waals surface area contributed by atoms with Gasteiger partial charge in [0.2, 0.25) is 0 Å². The van der Waals surface area contributed by atoms with E-state index in [2.05, 4.69) is 0 Å². The molecule has 0 saturated heterocycles. The smallest absolute Gasteiger partial charge is 0.315 e. The summed E-state index contributed by atoms with van der Waals surface area (Å²) < 4.78 is 16.1. The third-order valence-corrected chi connectivity index (χ3v) is 4.46. The Kier molecular flexibility index (Phi) is 4.41. The second-order valence-electron chi connectivity index (χ2n) is 6.16.